The van der Waals surface area contributed by atoms with Gasteiger partial charge in [-0.15, -0.1) is 0 Å². The van der Waals surface area contributed by atoms with Gasteiger partial charge >= 0.3 is 0 Å². The van der Waals surface area contributed by atoms with Gasteiger partial charge in [0.05, 0.1) is 6.04 Å². The first-order valence-electron chi connectivity index (χ1n) is 6.80. The summed E-state index contributed by atoms with van der Waals surface area (Å²) in [6, 6.07) is 4.97. The fourth-order valence-corrected chi connectivity index (χ4v) is 3.36. The molecule has 1 saturated heterocycles. The van der Waals surface area contributed by atoms with Crippen LogP contribution in [0.4, 0.5) is 0 Å². The first-order valence-corrected chi connectivity index (χ1v) is 6.80. The maximum atomic E-state index is 12.0. The highest BCUT2D eigenvalue weighted by Gasteiger charge is 2.36. The van der Waals surface area contributed by atoms with E-state index in [1.165, 1.54) is 0 Å². The van der Waals surface area contributed by atoms with Crippen LogP contribution in [0.25, 0.3) is 0 Å². The molecule has 0 saturated carbocycles. The van der Waals surface area contributed by atoms with Gasteiger partial charge in [-0.2, -0.15) is 0 Å². The fourth-order valence-electron chi connectivity index (χ4n) is 3.36. The zero-order chi connectivity index (χ0) is 13.6. The first-order chi connectivity index (χ1) is 9.06. The molecular formula is C14H19N3O2. The van der Waals surface area contributed by atoms with Gasteiger partial charge < -0.3 is 15.2 Å². The average molecular weight is 261 g/mol. The second kappa shape index (κ2) is 4.49. The van der Waals surface area contributed by atoms with Gasteiger partial charge in [0.1, 0.15) is 0 Å². The van der Waals surface area contributed by atoms with Crippen LogP contribution in [0.15, 0.2) is 23.0 Å². The van der Waals surface area contributed by atoms with Crippen molar-refractivity contribution < 1.29 is 4.79 Å². The summed E-state index contributed by atoms with van der Waals surface area (Å²) < 4.78 is 1.87. The van der Waals surface area contributed by atoms with Gasteiger partial charge in [-0.3, -0.25) is 9.59 Å². The minimum absolute atomic E-state index is 0.0152. The van der Waals surface area contributed by atoms with Gasteiger partial charge in [0.15, 0.2) is 0 Å². The summed E-state index contributed by atoms with van der Waals surface area (Å²) in [5, 5.41) is 0. The van der Waals surface area contributed by atoms with E-state index in [1.54, 1.807) is 19.1 Å². The van der Waals surface area contributed by atoms with Crippen molar-refractivity contribution in [2.45, 2.75) is 31.8 Å². The second-order valence-corrected chi connectivity index (χ2v) is 5.73. The molecule has 0 radical (unpaired) electrons. The summed E-state index contributed by atoms with van der Waals surface area (Å²) in [6.45, 7) is 3.84. The standard InChI is InChI=1S/C14H19N3O2/c1-9(15)14(19)16-6-10-5-11(8-16)12-3-2-4-13(18)17(12)7-10/h2-4,9-11H,5-8,15H2,1H3. The molecule has 5 nitrogen and oxygen atoms in total. The van der Waals surface area contributed by atoms with Crippen LogP contribution >= 0.6 is 0 Å². The maximum absolute atomic E-state index is 12.0. The van der Waals surface area contributed by atoms with E-state index in [9.17, 15) is 9.59 Å². The molecule has 1 amide bonds. The molecule has 0 aliphatic carbocycles. The van der Waals surface area contributed by atoms with E-state index >= 15 is 0 Å². The van der Waals surface area contributed by atoms with E-state index in [4.69, 9.17) is 5.73 Å². The number of carbonyl (C=O) groups is 1. The third-order valence-electron chi connectivity index (χ3n) is 4.18. The minimum atomic E-state index is -0.447. The fraction of sp³-hybridized carbons (Fsp3) is 0.571. The summed E-state index contributed by atoms with van der Waals surface area (Å²) in [5.74, 6) is 0.652. The number of carbonyl (C=O) groups excluding carboxylic acids is 1. The highest BCUT2D eigenvalue weighted by molar-refractivity contribution is 5.81. The normalized spacial score (nSPS) is 26.7. The molecule has 0 aromatic carbocycles. The van der Waals surface area contributed by atoms with Crippen molar-refractivity contribution in [1.82, 2.24) is 9.47 Å². The topological polar surface area (TPSA) is 68.3 Å². The molecule has 2 aliphatic rings. The van der Waals surface area contributed by atoms with Crippen LogP contribution in [0.5, 0.6) is 0 Å². The van der Waals surface area contributed by atoms with E-state index in [0.717, 1.165) is 18.7 Å². The first kappa shape index (κ1) is 12.4. The van der Waals surface area contributed by atoms with Crippen LogP contribution in [0.2, 0.25) is 0 Å². The Morgan fingerprint density at radius 3 is 2.89 bits per heavy atom. The number of hydrogen-bond acceptors (Lipinski definition) is 3. The van der Waals surface area contributed by atoms with Crippen molar-refractivity contribution >= 4 is 5.91 Å². The number of pyridine rings is 1. The van der Waals surface area contributed by atoms with E-state index in [2.05, 4.69) is 0 Å². The summed E-state index contributed by atoms with van der Waals surface area (Å²) in [5.41, 5.74) is 6.82. The zero-order valence-electron chi connectivity index (χ0n) is 11.1. The molecule has 5 heteroatoms. The maximum Gasteiger partial charge on any atom is 0.250 e. The predicted molar refractivity (Wildman–Crippen MR) is 71.8 cm³/mol. The van der Waals surface area contributed by atoms with Gasteiger partial charge in [0.25, 0.3) is 5.56 Å². The number of likely N-dealkylation sites (tertiary alicyclic amines) is 1. The zero-order valence-corrected chi connectivity index (χ0v) is 11.1. The number of piperidine rings is 1. The molecule has 102 valence electrons. The predicted octanol–water partition coefficient (Wildman–Crippen LogP) is 0.141. The summed E-state index contributed by atoms with van der Waals surface area (Å²) in [4.78, 5) is 25.8. The lowest BCUT2D eigenvalue weighted by Gasteiger charge is -2.43. The number of rotatable bonds is 1. The van der Waals surface area contributed by atoms with Crippen molar-refractivity contribution in [3.8, 4) is 0 Å². The Balaban J connectivity index is 1.92. The van der Waals surface area contributed by atoms with Crippen molar-refractivity contribution in [2.75, 3.05) is 13.1 Å². The molecule has 1 aromatic heterocycles. The van der Waals surface area contributed by atoms with Crippen molar-refractivity contribution in [2.24, 2.45) is 11.7 Å². The molecule has 3 unspecified atom stereocenters. The number of nitrogens with zero attached hydrogens (tertiary/aromatic N) is 2. The molecule has 3 rings (SSSR count). The molecule has 1 fully saturated rings. The van der Waals surface area contributed by atoms with E-state index < -0.39 is 6.04 Å². The Kier molecular flexibility index (Phi) is 2.93. The highest BCUT2D eigenvalue weighted by atomic mass is 16.2. The molecule has 3 heterocycles. The van der Waals surface area contributed by atoms with Gasteiger partial charge in [-0.25, -0.2) is 0 Å². The number of hydrogen-bond donors (Lipinski definition) is 1. The Bertz CT molecular complexity index is 564. The van der Waals surface area contributed by atoms with Gasteiger partial charge in [0, 0.05) is 37.3 Å². The third kappa shape index (κ3) is 2.08. The van der Waals surface area contributed by atoms with Crippen LogP contribution in [0.3, 0.4) is 0 Å². The molecule has 2 N–H and O–H groups in total. The third-order valence-corrected chi connectivity index (χ3v) is 4.18. The van der Waals surface area contributed by atoms with E-state index in [1.807, 2.05) is 15.5 Å². The Hall–Kier alpha value is -1.62. The van der Waals surface area contributed by atoms with Gasteiger partial charge in [0.2, 0.25) is 5.91 Å². The highest BCUT2D eigenvalue weighted by Crippen LogP contribution is 2.34. The number of amides is 1. The van der Waals surface area contributed by atoms with Crippen LogP contribution in [-0.2, 0) is 11.3 Å². The summed E-state index contributed by atoms with van der Waals surface area (Å²) >= 11 is 0. The molecule has 3 atom stereocenters. The lowest BCUT2D eigenvalue weighted by atomic mass is 9.83. The summed E-state index contributed by atoms with van der Waals surface area (Å²) in [7, 11) is 0. The van der Waals surface area contributed by atoms with Crippen LogP contribution in [0, 0.1) is 5.92 Å². The van der Waals surface area contributed by atoms with E-state index in [-0.39, 0.29) is 17.4 Å². The Morgan fingerprint density at radius 1 is 1.37 bits per heavy atom. The number of nitrogens with two attached hydrogens (primary N) is 1. The Morgan fingerprint density at radius 2 is 2.16 bits per heavy atom. The largest absolute Gasteiger partial charge is 0.340 e. The lowest BCUT2D eigenvalue weighted by molar-refractivity contribution is -0.134. The summed E-state index contributed by atoms with van der Waals surface area (Å²) in [6.07, 6.45) is 1.06. The Labute approximate surface area is 112 Å². The monoisotopic (exact) mass is 261 g/mol. The van der Waals surface area contributed by atoms with Crippen molar-refractivity contribution in [3.63, 3.8) is 0 Å². The molecule has 2 bridgehead atoms. The lowest BCUT2D eigenvalue weighted by Crippen LogP contribution is -2.52. The molecule has 2 aliphatic heterocycles. The van der Waals surface area contributed by atoms with Crippen LogP contribution in [0.1, 0.15) is 25.0 Å². The molecule has 1 aromatic rings. The molecule has 0 spiro atoms. The minimum Gasteiger partial charge on any atom is -0.340 e. The SMILES string of the molecule is CC(N)C(=O)N1CC2CC(C1)c1cccc(=O)n1C2. The second-order valence-electron chi connectivity index (χ2n) is 5.73. The van der Waals surface area contributed by atoms with Gasteiger partial charge in [-0.1, -0.05) is 6.07 Å². The van der Waals surface area contributed by atoms with Crippen molar-refractivity contribution in [3.05, 3.63) is 34.2 Å². The van der Waals surface area contributed by atoms with Crippen LogP contribution < -0.4 is 11.3 Å². The quantitative estimate of drug-likeness (QED) is 0.782. The van der Waals surface area contributed by atoms with Crippen LogP contribution in [-0.4, -0.2) is 34.5 Å². The smallest absolute Gasteiger partial charge is 0.250 e. The number of fused-ring (bicyclic) bond motifs is 4. The number of aromatic nitrogens is 1. The molecular weight excluding hydrogens is 242 g/mol. The average Bonchev–Trinajstić information content (AvgIpc) is 2.39. The van der Waals surface area contributed by atoms with Crippen molar-refractivity contribution in [1.29, 1.82) is 0 Å². The van der Waals surface area contributed by atoms with Gasteiger partial charge in [-0.05, 0) is 25.3 Å². The van der Waals surface area contributed by atoms with E-state index in [0.29, 0.717) is 19.0 Å². The molecule has 19 heavy (non-hydrogen) atoms.